The summed E-state index contributed by atoms with van der Waals surface area (Å²) in [5.41, 5.74) is 1.10. The van der Waals surface area contributed by atoms with Gasteiger partial charge in [0.1, 0.15) is 18.3 Å². The third-order valence-corrected chi connectivity index (χ3v) is 6.91. The second kappa shape index (κ2) is 13.3. The lowest BCUT2D eigenvalue weighted by atomic mass is 10.1. The summed E-state index contributed by atoms with van der Waals surface area (Å²) in [4.78, 5) is 28.0. The molecule has 2 amide bonds. The van der Waals surface area contributed by atoms with Crippen LogP contribution in [0.2, 0.25) is 5.02 Å². The zero-order chi connectivity index (χ0) is 26.0. The Morgan fingerprint density at radius 3 is 2.20 bits per heavy atom. The molecule has 0 aliphatic carbocycles. The number of ether oxygens (including phenoxy) is 1. The maximum atomic E-state index is 13.6. The molecule has 0 spiro atoms. The summed E-state index contributed by atoms with van der Waals surface area (Å²) in [6.07, 6.45) is 3.17. The lowest BCUT2D eigenvalue weighted by Gasteiger charge is -2.33. The Bertz CT molecular complexity index is 1080. The molecule has 8 nitrogen and oxygen atoms in total. The highest BCUT2D eigenvalue weighted by atomic mass is 35.5. The van der Waals surface area contributed by atoms with Crippen LogP contribution in [0, 0.1) is 0 Å². The molecule has 1 N–H and O–H groups in total. The minimum absolute atomic E-state index is 0.135. The molecule has 2 rings (SSSR count). The highest BCUT2D eigenvalue weighted by Gasteiger charge is 2.31. The van der Waals surface area contributed by atoms with Gasteiger partial charge in [-0.25, -0.2) is 8.42 Å². The normalized spacial score (nSPS) is 12.0. The van der Waals surface area contributed by atoms with Crippen molar-refractivity contribution in [1.29, 1.82) is 0 Å². The topological polar surface area (TPSA) is 96.0 Å². The Balaban J connectivity index is 2.38. The number of hydrogen-bond acceptors (Lipinski definition) is 5. The number of amides is 2. The number of sulfonamides is 1. The number of nitrogens with zero attached hydrogens (tertiary/aromatic N) is 2. The Morgan fingerprint density at radius 1 is 1.06 bits per heavy atom. The molecule has 0 aliphatic rings. The van der Waals surface area contributed by atoms with E-state index in [-0.39, 0.29) is 12.5 Å². The van der Waals surface area contributed by atoms with Gasteiger partial charge in [0.15, 0.2) is 0 Å². The van der Waals surface area contributed by atoms with E-state index in [0.29, 0.717) is 29.4 Å². The van der Waals surface area contributed by atoms with Crippen LogP contribution >= 0.6 is 11.6 Å². The fourth-order valence-corrected chi connectivity index (χ4v) is 4.55. The summed E-state index contributed by atoms with van der Waals surface area (Å²) in [5.74, 6) is -0.190. The first-order chi connectivity index (χ1) is 16.6. The Labute approximate surface area is 213 Å². The Hall–Kier alpha value is -2.78. The van der Waals surface area contributed by atoms with E-state index >= 15 is 0 Å². The molecular formula is C25H34ClN3O5S. The second-order valence-electron chi connectivity index (χ2n) is 8.18. The Morgan fingerprint density at radius 2 is 1.69 bits per heavy atom. The number of benzene rings is 2. The van der Waals surface area contributed by atoms with Crippen LogP contribution in [0.1, 0.15) is 38.7 Å². The van der Waals surface area contributed by atoms with Gasteiger partial charge in [-0.2, -0.15) is 0 Å². The van der Waals surface area contributed by atoms with Gasteiger partial charge in [-0.1, -0.05) is 44.0 Å². The minimum atomic E-state index is -3.79. The molecule has 0 bridgehead atoms. The number of rotatable bonds is 13. The van der Waals surface area contributed by atoms with Crippen LogP contribution < -0.4 is 14.4 Å². The number of methoxy groups -OCH3 is 1. The fourth-order valence-electron chi connectivity index (χ4n) is 3.57. The molecule has 0 saturated heterocycles. The molecule has 0 radical (unpaired) electrons. The number of carbonyl (C=O) groups excluding carboxylic acids is 2. The third kappa shape index (κ3) is 8.43. The van der Waals surface area contributed by atoms with Crippen LogP contribution in [0.25, 0.3) is 0 Å². The van der Waals surface area contributed by atoms with E-state index in [2.05, 4.69) is 5.32 Å². The van der Waals surface area contributed by atoms with E-state index in [0.717, 1.165) is 29.0 Å². The smallest absolute Gasteiger partial charge is 0.244 e. The number of carbonyl (C=O) groups is 2. The zero-order valence-electron chi connectivity index (χ0n) is 20.7. The summed E-state index contributed by atoms with van der Waals surface area (Å²) in [6.45, 7) is 4.05. The second-order valence-corrected chi connectivity index (χ2v) is 10.5. The molecule has 2 aromatic rings. The van der Waals surface area contributed by atoms with Gasteiger partial charge in [-0.3, -0.25) is 13.9 Å². The standard InChI is InChI=1S/C25H34ClN3O5S/c1-5-7-16-27-25(31)23(6-2)28(17-19-8-10-20(26)11-9-19)24(30)18-29(35(4,32)33)21-12-14-22(34-3)15-13-21/h8-15,23H,5-7,16-18H2,1-4H3,(H,27,31). The van der Waals surface area contributed by atoms with Crippen LogP contribution in [0.5, 0.6) is 5.75 Å². The molecule has 10 heteroatoms. The van der Waals surface area contributed by atoms with E-state index in [1.165, 1.54) is 12.0 Å². The number of hydrogen-bond donors (Lipinski definition) is 1. The molecule has 0 aromatic heterocycles. The minimum Gasteiger partial charge on any atom is -0.497 e. The summed E-state index contributed by atoms with van der Waals surface area (Å²) < 4.78 is 31.4. The van der Waals surface area contributed by atoms with Crippen molar-refractivity contribution in [2.45, 2.75) is 45.7 Å². The van der Waals surface area contributed by atoms with Crippen molar-refractivity contribution in [2.75, 3.05) is 30.8 Å². The van der Waals surface area contributed by atoms with E-state index in [1.54, 1.807) is 48.5 Å². The molecule has 192 valence electrons. The quantitative estimate of drug-likeness (QED) is 0.402. The van der Waals surface area contributed by atoms with Gasteiger partial charge in [0.25, 0.3) is 0 Å². The first kappa shape index (κ1) is 28.5. The predicted molar refractivity (Wildman–Crippen MR) is 139 cm³/mol. The van der Waals surface area contributed by atoms with E-state index < -0.39 is 28.5 Å². The highest BCUT2D eigenvalue weighted by molar-refractivity contribution is 7.92. The lowest BCUT2D eigenvalue weighted by Crippen LogP contribution is -2.52. The van der Waals surface area contributed by atoms with Crippen LogP contribution in [0.3, 0.4) is 0 Å². The monoisotopic (exact) mass is 523 g/mol. The summed E-state index contributed by atoms with van der Waals surface area (Å²) in [6, 6.07) is 12.6. The van der Waals surface area contributed by atoms with Crippen molar-refractivity contribution in [3.05, 3.63) is 59.1 Å². The number of nitrogens with one attached hydrogen (secondary N) is 1. The third-order valence-electron chi connectivity index (χ3n) is 5.52. The molecule has 35 heavy (non-hydrogen) atoms. The van der Waals surface area contributed by atoms with Crippen LogP contribution in [0.15, 0.2) is 48.5 Å². The molecule has 0 heterocycles. The van der Waals surface area contributed by atoms with Crippen LogP contribution in [0.4, 0.5) is 5.69 Å². The SMILES string of the molecule is CCCCNC(=O)C(CC)N(Cc1ccc(Cl)cc1)C(=O)CN(c1ccc(OC)cc1)S(C)(=O)=O. The molecule has 1 unspecified atom stereocenters. The average molecular weight is 524 g/mol. The largest absolute Gasteiger partial charge is 0.497 e. The maximum absolute atomic E-state index is 13.6. The molecule has 1 atom stereocenters. The number of halogens is 1. The highest BCUT2D eigenvalue weighted by Crippen LogP contribution is 2.23. The fraction of sp³-hybridized carbons (Fsp3) is 0.440. The molecule has 2 aromatic carbocycles. The van der Waals surface area contributed by atoms with Gasteiger partial charge in [-0.15, -0.1) is 0 Å². The van der Waals surface area contributed by atoms with Gasteiger partial charge in [0.2, 0.25) is 21.8 Å². The number of anilines is 1. The van der Waals surface area contributed by atoms with Gasteiger partial charge in [0, 0.05) is 18.1 Å². The van der Waals surface area contributed by atoms with Crippen LogP contribution in [-0.4, -0.2) is 57.6 Å². The average Bonchev–Trinajstić information content (AvgIpc) is 2.83. The number of unbranched alkanes of at least 4 members (excludes halogenated alkanes) is 1. The van der Waals surface area contributed by atoms with E-state index in [9.17, 15) is 18.0 Å². The van der Waals surface area contributed by atoms with Crippen molar-refractivity contribution in [1.82, 2.24) is 10.2 Å². The predicted octanol–water partition coefficient (Wildman–Crippen LogP) is 3.84. The van der Waals surface area contributed by atoms with Gasteiger partial charge in [0.05, 0.1) is 19.1 Å². The van der Waals surface area contributed by atoms with Crippen molar-refractivity contribution in [2.24, 2.45) is 0 Å². The molecule has 0 fully saturated rings. The zero-order valence-corrected chi connectivity index (χ0v) is 22.2. The van der Waals surface area contributed by atoms with Crippen molar-refractivity contribution >= 4 is 39.1 Å². The molecular weight excluding hydrogens is 490 g/mol. The summed E-state index contributed by atoms with van der Waals surface area (Å²) in [7, 11) is -2.28. The first-order valence-electron chi connectivity index (χ1n) is 11.5. The van der Waals surface area contributed by atoms with E-state index in [4.69, 9.17) is 16.3 Å². The van der Waals surface area contributed by atoms with Gasteiger partial charge >= 0.3 is 0 Å². The Kier molecular flexibility index (Phi) is 10.9. The first-order valence-corrected chi connectivity index (χ1v) is 13.8. The van der Waals surface area contributed by atoms with Crippen LogP contribution in [-0.2, 0) is 26.2 Å². The lowest BCUT2D eigenvalue weighted by molar-refractivity contribution is -0.140. The summed E-state index contributed by atoms with van der Waals surface area (Å²) in [5, 5.41) is 3.45. The molecule has 0 saturated carbocycles. The summed E-state index contributed by atoms with van der Waals surface area (Å²) >= 11 is 6.00. The van der Waals surface area contributed by atoms with Crippen molar-refractivity contribution in [3.8, 4) is 5.75 Å². The van der Waals surface area contributed by atoms with Gasteiger partial charge in [-0.05, 0) is 54.8 Å². The van der Waals surface area contributed by atoms with Gasteiger partial charge < -0.3 is 15.0 Å². The maximum Gasteiger partial charge on any atom is 0.244 e. The van der Waals surface area contributed by atoms with Crippen molar-refractivity contribution in [3.63, 3.8) is 0 Å². The van der Waals surface area contributed by atoms with Crippen molar-refractivity contribution < 1.29 is 22.7 Å². The van der Waals surface area contributed by atoms with E-state index in [1.807, 2.05) is 13.8 Å². The molecule has 0 aliphatic heterocycles.